The summed E-state index contributed by atoms with van der Waals surface area (Å²) in [7, 11) is 0. The molecule has 2 aromatic carbocycles. The molecule has 0 amide bonds. The molecule has 0 unspecified atom stereocenters. The number of hydrogen-bond donors (Lipinski definition) is 3. The van der Waals surface area contributed by atoms with Gasteiger partial charge in [0.05, 0.1) is 25.0 Å². The minimum atomic E-state index is -2.55. The minimum Gasteiger partial charge on any atom is -0.479 e. The highest BCUT2D eigenvalue weighted by atomic mass is 35.5. The maximum atomic E-state index is 13.3. The summed E-state index contributed by atoms with van der Waals surface area (Å²) in [5.74, 6) is -1.17. The van der Waals surface area contributed by atoms with Crippen LogP contribution in [0.25, 0.3) is 11.2 Å². The van der Waals surface area contributed by atoms with Gasteiger partial charge in [-0.3, -0.25) is 4.57 Å². The van der Waals surface area contributed by atoms with E-state index in [1.165, 1.54) is 18.5 Å². The van der Waals surface area contributed by atoms with Gasteiger partial charge in [0.2, 0.25) is 5.28 Å². The third-order valence-corrected chi connectivity index (χ3v) is 7.18. The Morgan fingerprint density at radius 1 is 1.14 bits per heavy atom. The van der Waals surface area contributed by atoms with E-state index in [2.05, 4.69) is 26.2 Å². The lowest BCUT2D eigenvalue weighted by molar-refractivity contribution is -0.188. The number of benzene rings is 2. The van der Waals surface area contributed by atoms with Crippen LogP contribution in [0.4, 0.5) is 10.2 Å². The number of carboxylic acids is 2. The van der Waals surface area contributed by atoms with Gasteiger partial charge >= 0.3 is 11.9 Å². The molecule has 216 valence electrons. The molecule has 0 radical (unpaired) electrons. The third-order valence-electron chi connectivity index (χ3n) is 7.01. The van der Waals surface area contributed by atoms with E-state index in [4.69, 9.17) is 27.5 Å². The largest absolute Gasteiger partial charge is 0.479 e. The average molecular weight is 594 g/mol. The maximum Gasteiger partial charge on any atom is 0.348 e. The number of nitrogens with zero attached hydrogens (tertiary/aromatic N) is 4. The number of carboxylic acid groups (broad SMARTS) is 2. The molecule has 5 rings (SSSR count). The van der Waals surface area contributed by atoms with Crippen LogP contribution in [0, 0.1) is 24.1 Å². The van der Waals surface area contributed by atoms with Gasteiger partial charge in [-0.15, -0.1) is 12.3 Å². The van der Waals surface area contributed by atoms with Gasteiger partial charge in [-0.2, -0.15) is 9.97 Å². The van der Waals surface area contributed by atoms with Crippen LogP contribution in [-0.4, -0.2) is 60.0 Å². The number of nitrogens with one attached hydrogen (secondary N) is 1. The second-order valence-electron chi connectivity index (χ2n) is 9.69. The van der Waals surface area contributed by atoms with Gasteiger partial charge < -0.3 is 25.0 Å². The van der Waals surface area contributed by atoms with Crippen molar-refractivity contribution in [3.05, 3.63) is 83.2 Å². The predicted molar refractivity (Wildman–Crippen MR) is 149 cm³/mol. The highest BCUT2D eigenvalue weighted by Gasteiger charge is 2.50. The number of fused-ring (bicyclic) bond motifs is 1. The van der Waals surface area contributed by atoms with Crippen molar-refractivity contribution < 1.29 is 33.7 Å². The Morgan fingerprint density at radius 2 is 1.86 bits per heavy atom. The molecule has 1 aliphatic heterocycles. The zero-order valence-electron chi connectivity index (χ0n) is 22.0. The van der Waals surface area contributed by atoms with E-state index >= 15 is 0 Å². The Kier molecular flexibility index (Phi) is 8.35. The van der Waals surface area contributed by atoms with Gasteiger partial charge in [0.15, 0.2) is 17.0 Å². The normalized spacial score (nSPS) is 18.5. The number of ether oxygens (including phenoxy) is 2. The summed E-state index contributed by atoms with van der Waals surface area (Å²) in [6.07, 6.45) is 5.65. The molecule has 1 fully saturated rings. The number of carbonyl (C=O) groups is 2. The molecule has 0 spiro atoms. The molecule has 3 atom stereocenters. The molecular formula is C29H25ClFN5O6. The molecule has 13 heteroatoms. The van der Waals surface area contributed by atoms with Crippen LogP contribution in [0.15, 0.2) is 60.9 Å². The van der Waals surface area contributed by atoms with Gasteiger partial charge in [-0.25, -0.2) is 19.0 Å². The fourth-order valence-electron chi connectivity index (χ4n) is 4.77. The second-order valence-corrected chi connectivity index (χ2v) is 10.0. The first-order valence-electron chi connectivity index (χ1n) is 12.8. The standard InChI is InChI=1S/C29H25ClFN5O6/c1-2-19-12-22(42-21(19)15-41-29(26(37)38,27(39)40)13-17-6-4-3-5-7-17)36-16-33-23-24(34-28(30)35-25(23)36)32-14-18-8-10-20(31)11-9-18/h1,3-11,16,19,21-22H,12-15H2,(H,37,38)(H,39,40)(H,32,34,35)/t19-,21-,22-/m1/s1. The lowest BCUT2D eigenvalue weighted by Gasteiger charge is -2.27. The van der Waals surface area contributed by atoms with Crippen LogP contribution in [0.5, 0.6) is 0 Å². The number of aliphatic carboxylic acids is 2. The predicted octanol–water partition coefficient (Wildman–Crippen LogP) is 3.94. The van der Waals surface area contributed by atoms with E-state index < -0.39 is 42.2 Å². The topological polar surface area (TPSA) is 149 Å². The van der Waals surface area contributed by atoms with Crippen molar-refractivity contribution in [3.8, 4) is 12.3 Å². The number of terminal acetylenes is 1. The molecule has 3 N–H and O–H groups in total. The lowest BCUT2D eigenvalue weighted by atomic mass is 9.94. The molecule has 11 nitrogen and oxygen atoms in total. The number of imidazole rings is 1. The Labute approximate surface area is 244 Å². The average Bonchev–Trinajstić information content (AvgIpc) is 3.59. The highest BCUT2D eigenvalue weighted by Crippen LogP contribution is 2.36. The summed E-state index contributed by atoms with van der Waals surface area (Å²) in [6.45, 7) is -0.0599. The first-order valence-corrected chi connectivity index (χ1v) is 13.2. The van der Waals surface area contributed by atoms with Gasteiger partial charge in [0, 0.05) is 19.4 Å². The first-order chi connectivity index (χ1) is 20.2. The molecule has 0 saturated carbocycles. The fraction of sp³-hybridized carbons (Fsp3) is 0.276. The lowest BCUT2D eigenvalue weighted by Crippen LogP contribution is -2.52. The van der Waals surface area contributed by atoms with Crippen molar-refractivity contribution in [2.45, 2.75) is 37.3 Å². The quantitative estimate of drug-likeness (QED) is 0.133. The van der Waals surface area contributed by atoms with Crippen LogP contribution < -0.4 is 5.32 Å². The summed E-state index contributed by atoms with van der Waals surface area (Å²) in [4.78, 5) is 37.4. The fourth-order valence-corrected chi connectivity index (χ4v) is 4.93. The van der Waals surface area contributed by atoms with Crippen molar-refractivity contribution in [1.82, 2.24) is 19.5 Å². The SMILES string of the molecule is C#C[C@@H]1C[C@H](n2cnc3c(NCc4ccc(F)cc4)nc(Cl)nc32)O[C@@H]1COC(Cc1ccccc1)(C(=O)O)C(=O)O. The smallest absolute Gasteiger partial charge is 0.348 e. The third kappa shape index (κ3) is 5.89. The number of hydrogen-bond acceptors (Lipinski definition) is 8. The second kappa shape index (κ2) is 12.1. The molecule has 2 aromatic heterocycles. The van der Waals surface area contributed by atoms with Crippen molar-refractivity contribution >= 4 is 40.5 Å². The van der Waals surface area contributed by atoms with E-state index in [0.717, 1.165) is 5.56 Å². The van der Waals surface area contributed by atoms with E-state index in [1.807, 2.05) is 0 Å². The van der Waals surface area contributed by atoms with Crippen LogP contribution in [-0.2, 0) is 32.0 Å². The van der Waals surface area contributed by atoms with Crippen molar-refractivity contribution in [3.63, 3.8) is 0 Å². The minimum absolute atomic E-state index is 0.0501. The van der Waals surface area contributed by atoms with Crippen molar-refractivity contribution in [1.29, 1.82) is 0 Å². The summed E-state index contributed by atoms with van der Waals surface area (Å²) >= 11 is 6.21. The molecule has 4 aromatic rings. The van der Waals surface area contributed by atoms with Crippen LogP contribution >= 0.6 is 11.6 Å². The molecule has 0 aliphatic carbocycles. The van der Waals surface area contributed by atoms with Crippen molar-refractivity contribution in [2.24, 2.45) is 5.92 Å². The number of rotatable bonds is 11. The molecule has 0 bridgehead atoms. The first kappa shape index (κ1) is 28.9. The molecule has 3 heterocycles. The summed E-state index contributed by atoms with van der Waals surface area (Å²) < 4.78 is 26.7. The van der Waals surface area contributed by atoms with E-state index in [1.54, 1.807) is 47.0 Å². The molecular weight excluding hydrogens is 569 g/mol. The Balaban J connectivity index is 1.35. The molecule has 1 aliphatic rings. The molecule has 1 saturated heterocycles. The van der Waals surface area contributed by atoms with Gasteiger partial charge in [-0.05, 0) is 34.9 Å². The number of anilines is 1. The Morgan fingerprint density at radius 3 is 2.52 bits per heavy atom. The van der Waals surface area contributed by atoms with E-state index in [0.29, 0.717) is 35.5 Å². The number of aromatic nitrogens is 4. The Hall–Kier alpha value is -4.57. The summed E-state index contributed by atoms with van der Waals surface area (Å²) in [5.41, 5.74) is -0.501. The summed E-state index contributed by atoms with van der Waals surface area (Å²) in [6, 6.07) is 14.3. The van der Waals surface area contributed by atoms with Crippen LogP contribution in [0.1, 0.15) is 23.8 Å². The highest BCUT2D eigenvalue weighted by molar-refractivity contribution is 6.28. The van der Waals surface area contributed by atoms with Crippen LogP contribution in [0.2, 0.25) is 5.28 Å². The van der Waals surface area contributed by atoms with Gasteiger partial charge in [0.25, 0.3) is 5.60 Å². The van der Waals surface area contributed by atoms with Crippen molar-refractivity contribution in [2.75, 3.05) is 11.9 Å². The van der Waals surface area contributed by atoms with Crippen LogP contribution in [0.3, 0.4) is 0 Å². The monoisotopic (exact) mass is 593 g/mol. The van der Waals surface area contributed by atoms with E-state index in [-0.39, 0.29) is 17.7 Å². The van der Waals surface area contributed by atoms with Gasteiger partial charge in [0.1, 0.15) is 12.0 Å². The van der Waals surface area contributed by atoms with Gasteiger partial charge in [-0.1, -0.05) is 42.5 Å². The zero-order chi connectivity index (χ0) is 29.9. The Bertz CT molecular complexity index is 1630. The van der Waals surface area contributed by atoms with E-state index in [9.17, 15) is 24.2 Å². The summed E-state index contributed by atoms with van der Waals surface area (Å²) in [5, 5.41) is 22.9. The number of halogens is 2. The molecule has 42 heavy (non-hydrogen) atoms. The maximum absolute atomic E-state index is 13.3. The zero-order valence-corrected chi connectivity index (χ0v) is 22.7.